The molecule has 25 heavy (non-hydrogen) atoms. The van der Waals surface area contributed by atoms with Crippen molar-refractivity contribution in [2.24, 2.45) is 0 Å². The van der Waals surface area contributed by atoms with Crippen LogP contribution in [0, 0.1) is 5.82 Å². The number of halogens is 1. The van der Waals surface area contributed by atoms with Crippen molar-refractivity contribution in [3.8, 4) is 0 Å². The monoisotopic (exact) mass is 370 g/mol. The van der Waals surface area contributed by atoms with E-state index in [0.29, 0.717) is 19.7 Å². The Bertz CT molecular complexity index is 683. The van der Waals surface area contributed by atoms with Crippen molar-refractivity contribution < 1.29 is 17.5 Å². The highest BCUT2D eigenvalue weighted by molar-refractivity contribution is 7.89. The van der Waals surface area contributed by atoms with E-state index in [2.05, 4.69) is 4.90 Å². The normalized spacial score (nSPS) is 22.6. The van der Waals surface area contributed by atoms with Crippen molar-refractivity contribution >= 4 is 10.0 Å². The van der Waals surface area contributed by atoms with Crippen LogP contribution in [0.25, 0.3) is 0 Å². The number of hydrogen-bond acceptors (Lipinski definition) is 4. The molecule has 3 rings (SSSR count). The Labute approximate surface area is 149 Å². The number of piperidine rings is 1. The van der Waals surface area contributed by atoms with E-state index >= 15 is 0 Å². The minimum absolute atomic E-state index is 0.221. The molecule has 0 atom stereocenters. The molecule has 0 unspecified atom stereocenters. The lowest BCUT2D eigenvalue weighted by molar-refractivity contribution is -0.131. The van der Waals surface area contributed by atoms with E-state index in [1.54, 1.807) is 18.2 Å². The molecule has 140 valence electrons. The minimum atomic E-state index is -3.19. The molecule has 2 saturated heterocycles. The lowest BCUT2D eigenvalue weighted by Crippen LogP contribution is -2.57. The standard InChI is InChI=1S/C18H27FN2O3S/c1-15(2)25(22,23)21-9-7-18(8-10-21)14-20(11-12-24-18)13-16-3-5-17(19)6-4-16/h3-6,15H,7-14H2,1-2H3. The first-order chi connectivity index (χ1) is 11.8. The zero-order valence-corrected chi connectivity index (χ0v) is 15.8. The van der Waals surface area contributed by atoms with Gasteiger partial charge in [0, 0.05) is 32.7 Å². The van der Waals surface area contributed by atoms with Crippen LogP contribution in [-0.4, -0.2) is 61.3 Å². The van der Waals surface area contributed by atoms with Gasteiger partial charge >= 0.3 is 0 Å². The quantitative estimate of drug-likeness (QED) is 0.816. The summed E-state index contributed by atoms with van der Waals surface area (Å²) in [6, 6.07) is 6.60. The van der Waals surface area contributed by atoms with E-state index in [4.69, 9.17) is 4.74 Å². The lowest BCUT2D eigenvalue weighted by Gasteiger charge is -2.47. The third kappa shape index (κ3) is 4.22. The highest BCUT2D eigenvalue weighted by Gasteiger charge is 2.42. The predicted molar refractivity (Wildman–Crippen MR) is 95.2 cm³/mol. The summed E-state index contributed by atoms with van der Waals surface area (Å²) in [4.78, 5) is 2.32. The van der Waals surface area contributed by atoms with E-state index in [-0.39, 0.29) is 16.7 Å². The van der Waals surface area contributed by atoms with Crippen LogP contribution in [0.5, 0.6) is 0 Å². The summed E-state index contributed by atoms with van der Waals surface area (Å²) in [6.07, 6.45) is 1.44. The van der Waals surface area contributed by atoms with Gasteiger partial charge in [0.15, 0.2) is 0 Å². The first kappa shape index (κ1) is 18.8. The van der Waals surface area contributed by atoms with Crippen LogP contribution in [0.15, 0.2) is 24.3 Å². The molecule has 1 aromatic rings. The van der Waals surface area contributed by atoms with Gasteiger partial charge < -0.3 is 4.74 Å². The summed E-state index contributed by atoms with van der Waals surface area (Å²) in [7, 11) is -3.19. The SMILES string of the molecule is CC(C)S(=O)(=O)N1CCC2(CC1)CN(Cc1ccc(F)cc1)CCO2. The molecule has 2 aliphatic heterocycles. The van der Waals surface area contributed by atoms with Gasteiger partial charge in [0.05, 0.1) is 17.5 Å². The Hall–Kier alpha value is -1.02. The molecule has 2 heterocycles. The Morgan fingerprint density at radius 3 is 2.40 bits per heavy atom. The van der Waals surface area contributed by atoms with E-state index in [9.17, 15) is 12.8 Å². The summed E-state index contributed by atoms with van der Waals surface area (Å²) >= 11 is 0. The largest absolute Gasteiger partial charge is 0.372 e. The van der Waals surface area contributed by atoms with E-state index in [1.165, 1.54) is 12.1 Å². The highest BCUT2D eigenvalue weighted by Crippen LogP contribution is 2.32. The van der Waals surface area contributed by atoms with Crippen LogP contribution < -0.4 is 0 Å². The van der Waals surface area contributed by atoms with Gasteiger partial charge in [0.1, 0.15) is 5.82 Å². The number of hydrogen-bond donors (Lipinski definition) is 0. The van der Waals surface area contributed by atoms with E-state index in [1.807, 2.05) is 12.1 Å². The fourth-order valence-corrected chi connectivity index (χ4v) is 4.94. The predicted octanol–water partition coefficient (Wildman–Crippen LogP) is 2.23. The van der Waals surface area contributed by atoms with E-state index < -0.39 is 10.0 Å². The van der Waals surface area contributed by atoms with E-state index in [0.717, 1.165) is 38.0 Å². The van der Waals surface area contributed by atoms with Gasteiger partial charge in [0.25, 0.3) is 0 Å². The van der Waals surface area contributed by atoms with Crippen molar-refractivity contribution in [1.29, 1.82) is 0 Å². The average Bonchev–Trinajstić information content (AvgIpc) is 2.57. The smallest absolute Gasteiger partial charge is 0.216 e. The molecule has 0 bridgehead atoms. The molecule has 2 aliphatic rings. The number of nitrogens with zero attached hydrogens (tertiary/aromatic N) is 2. The first-order valence-electron chi connectivity index (χ1n) is 8.90. The fraction of sp³-hybridized carbons (Fsp3) is 0.667. The Morgan fingerprint density at radius 2 is 1.80 bits per heavy atom. The molecule has 2 fully saturated rings. The molecule has 0 saturated carbocycles. The number of sulfonamides is 1. The molecule has 5 nitrogen and oxygen atoms in total. The number of rotatable bonds is 4. The zero-order valence-electron chi connectivity index (χ0n) is 14.9. The molecule has 0 radical (unpaired) electrons. The molecule has 0 aromatic heterocycles. The zero-order chi connectivity index (χ0) is 18.1. The maximum atomic E-state index is 13.1. The van der Waals surface area contributed by atoms with Crippen molar-refractivity contribution in [2.45, 2.75) is 44.1 Å². The van der Waals surface area contributed by atoms with Gasteiger partial charge in [-0.3, -0.25) is 4.90 Å². The summed E-state index contributed by atoms with van der Waals surface area (Å²) in [6.45, 7) is 7.53. The summed E-state index contributed by atoms with van der Waals surface area (Å²) in [5.74, 6) is -0.221. The summed E-state index contributed by atoms with van der Waals surface area (Å²) in [5, 5.41) is -0.385. The Morgan fingerprint density at radius 1 is 1.16 bits per heavy atom. The van der Waals surface area contributed by atoms with Gasteiger partial charge in [-0.1, -0.05) is 12.1 Å². The number of ether oxygens (including phenoxy) is 1. The maximum Gasteiger partial charge on any atom is 0.216 e. The topological polar surface area (TPSA) is 49.9 Å². The fourth-order valence-electron chi connectivity index (χ4n) is 3.66. The van der Waals surface area contributed by atoms with Crippen molar-refractivity contribution in [2.75, 3.05) is 32.8 Å². The van der Waals surface area contributed by atoms with Crippen molar-refractivity contribution in [3.63, 3.8) is 0 Å². The molecular weight excluding hydrogens is 343 g/mol. The molecule has 0 N–H and O–H groups in total. The molecule has 1 aromatic carbocycles. The van der Waals surface area contributed by atoms with Crippen LogP contribution in [-0.2, 0) is 21.3 Å². The average molecular weight is 370 g/mol. The van der Waals surface area contributed by atoms with Crippen molar-refractivity contribution in [1.82, 2.24) is 9.21 Å². The third-order valence-corrected chi connectivity index (χ3v) is 7.51. The summed E-state index contributed by atoms with van der Waals surface area (Å²) < 4.78 is 45.4. The Kier molecular flexibility index (Phi) is 5.48. The second-order valence-electron chi connectivity index (χ2n) is 7.36. The van der Waals surface area contributed by atoms with Gasteiger partial charge in [-0.15, -0.1) is 0 Å². The summed E-state index contributed by atoms with van der Waals surface area (Å²) in [5.41, 5.74) is 0.819. The molecule has 1 spiro atoms. The molecule has 0 aliphatic carbocycles. The van der Waals surface area contributed by atoms with Gasteiger partial charge in [-0.2, -0.15) is 0 Å². The first-order valence-corrected chi connectivity index (χ1v) is 10.4. The number of morpholine rings is 1. The second-order valence-corrected chi connectivity index (χ2v) is 9.85. The minimum Gasteiger partial charge on any atom is -0.372 e. The third-order valence-electron chi connectivity index (χ3n) is 5.24. The van der Waals surface area contributed by atoms with Gasteiger partial charge in [0.2, 0.25) is 10.0 Å². The highest BCUT2D eigenvalue weighted by atomic mass is 32.2. The van der Waals surface area contributed by atoms with Crippen LogP contribution in [0.2, 0.25) is 0 Å². The van der Waals surface area contributed by atoms with Crippen molar-refractivity contribution in [3.05, 3.63) is 35.6 Å². The maximum absolute atomic E-state index is 13.1. The van der Waals surface area contributed by atoms with Gasteiger partial charge in [-0.25, -0.2) is 17.1 Å². The lowest BCUT2D eigenvalue weighted by atomic mass is 9.90. The number of benzene rings is 1. The molecule has 7 heteroatoms. The van der Waals surface area contributed by atoms with Crippen LogP contribution in [0.3, 0.4) is 0 Å². The van der Waals surface area contributed by atoms with Crippen LogP contribution in [0.4, 0.5) is 4.39 Å². The Balaban J connectivity index is 1.61. The second kappa shape index (κ2) is 7.31. The van der Waals surface area contributed by atoms with Gasteiger partial charge in [-0.05, 0) is 44.4 Å². The molecular formula is C18H27FN2O3S. The molecule has 0 amide bonds. The van der Waals surface area contributed by atoms with Crippen LogP contribution in [0.1, 0.15) is 32.3 Å². The van der Waals surface area contributed by atoms with Crippen LogP contribution >= 0.6 is 0 Å².